The third kappa shape index (κ3) is 11.4. The molecule has 4 nitrogen and oxygen atoms in total. The Labute approximate surface area is 111 Å². The van der Waals surface area contributed by atoms with E-state index in [0.717, 1.165) is 6.42 Å². The van der Waals surface area contributed by atoms with Gasteiger partial charge in [0, 0.05) is 25.4 Å². The smallest absolute Gasteiger partial charge is 0.220 e. The van der Waals surface area contributed by atoms with E-state index in [2.05, 4.69) is 31.4 Å². The molecule has 0 spiro atoms. The van der Waals surface area contributed by atoms with Crippen molar-refractivity contribution in [3.63, 3.8) is 0 Å². The van der Waals surface area contributed by atoms with Gasteiger partial charge in [-0.3, -0.25) is 9.59 Å². The van der Waals surface area contributed by atoms with E-state index >= 15 is 0 Å². The van der Waals surface area contributed by atoms with E-state index in [1.807, 2.05) is 13.8 Å². The largest absolute Gasteiger partial charge is 0.356 e. The third-order valence-electron chi connectivity index (χ3n) is 2.45. The van der Waals surface area contributed by atoms with Crippen LogP contribution in [0.2, 0.25) is 0 Å². The number of nitrogens with one attached hydrogen (secondary N) is 2. The van der Waals surface area contributed by atoms with Crippen LogP contribution in [-0.4, -0.2) is 24.4 Å². The average Bonchev–Trinajstić information content (AvgIpc) is 2.13. The van der Waals surface area contributed by atoms with Gasteiger partial charge < -0.3 is 10.6 Å². The summed E-state index contributed by atoms with van der Waals surface area (Å²) >= 11 is 0. The zero-order chi connectivity index (χ0) is 14.2. The molecule has 0 aromatic carbocycles. The fraction of sp³-hybridized carbons (Fsp3) is 0.857. The van der Waals surface area contributed by atoms with Gasteiger partial charge in [0.2, 0.25) is 11.8 Å². The molecule has 0 aliphatic rings. The van der Waals surface area contributed by atoms with Crippen LogP contribution in [-0.2, 0) is 9.59 Å². The first kappa shape index (κ1) is 16.9. The summed E-state index contributed by atoms with van der Waals surface area (Å²) in [6.45, 7) is 11.0. The highest BCUT2D eigenvalue weighted by atomic mass is 16.2. The molecule has 0 aromatic heterocycles. The van der Waals surface area contributed by atoms with Gasteiger partial charge in [-0.05, 0) is 32.1 Å². The highest BCUT2D eigenvalue weighted by Crippen LogP contribution is 2.16. The molecule has 2 amide bonds. The van der Waals surface area contributed by atoms with Gasteiger partial charge in [0.1, 0.15) is 0 Å². The van der Waals surface area contributed by atoms with Crippen molar-refractivity contribution in [2.75, 3.05) is 6.54 Å². The molecule has 0 aliphatic heterocycles. The molecule has 0 aliphatic carbocycles. The summed E-state index contributed by atoms with van der Waals surface area (Å²) in [4.78, 5) is 22.8. The summed E-state index contributed by atoms with van der Waals surface area (Å²) in [5.41, 5.74) is 0.241. The highest BCUT2D eigenvalue weighted by molar-refractivity contribution is 5.78. The van der Waals surface area contributed by atoms with Gasteiger partial charge in [-0.1, -0.05) is 20.8 Å². The summed E-state index contributed by atoms with van der Waals surface area (Å²) < 4.78 is 0. The van der Waals surface area contributed by atoms with Crippen molar-refractivity contribution in [1.29, 1.82) is 0 Å². The summed E-state index contributed by atoms with van der Waals surface area (Å²) in [5, 5.41) is 5.69. The molecule has 4 heteroatoms. The third-order valence-corrected chi connectivity index (χ3v) is 2.45. The summed E-state index contributed by atoms with van der Waals surface area (Å²) in [6.07, 6.45) is 2.42. The molecule has 0 saturated carbocycles. The Morgan fingerprint density at radius 3 is 2.11 bits per heavy atom. The summed E-state index contributed by atoms with van der Waals surface area (Å²) in [6, 6.07) is 0.165. The van der Waals surface area contributed by atoms with Gasteiger partial charge in [0.15, 0.2) is 0 Å². The fourth-order valence-electron chi connectivity index (χ4n) is 1.47. The second-order valence-electron chi connectivity index (χ2n) is 6.24. The lowest BCUT2D eigenvalue weighted by Gasteiger charge is -2.17. The maximum absolute atomic E-state index is 11.5. The van der Waals surface area contributed by atoms with E-state index in [1.54, 1.807) is 0 Å². The first-order valence-electron chi connectivity index (χ1n) is 6.77. The minimum atomic E-state index is 0.0208. The number of hydrogen-bond acceptors (Lipinski definition) is 2. The second kappa shape index (κ2) is 8.11. The van der Waals surface area contributed by atoms with E-state index in [9.17, 15) is 9.59 Å². The number of carbonyl (C=O) groups is 2. The number of hydrogen-bond donors (Lipinski definition) is 2. The predicted octanol–water partition coefficient (Wildman–Crippen LogP) is 2.23. The van der Waals surface area contributed by atoms with Crippen molar-refractivity contribution in [2.45, 2.75) is 66.3 Å². The van der Waals surface area contributed by atoms with Gasteiger partial charge in [-0.2, -0.15) is 0 Å². The van der Waals surface area contributed by atoms with Crippen molar-refractivity contribution < 1.29 is 9.59 Å². The molecule has 0 atom stereocenters. The maximum atomic E-state index is 11.5. The van der Waals surface area contributed by atoms with Crippen LogP contribution >= 0.6 is 0 Å². The minimum Gasteiger partial charge on any atom is -0.356 e. The van der Waals surface area contributed by atoms with Gasteiger partial charge in [0.25, 0.3) is 0 Å². The lowest BCUT2D eigenvalue weighted by Crippen LogP contribution is -2.30. The second-order valence-corrected chi connectivity index (χ2v) is 6.24. The SMILES string of the molecule is CC(C)NC(=O)CCCC(=O)NCCC(C)(C)C. The predicted molar refractivity (Wildman–Crippen MR) is 74.2 cm³/mol. The molecular weight excluding hydrogens is 228 g/mol. The Morgan fingerprint density at radius 2 is 1.61 bits per heavy atom. The molecule has 0 bridgehead atoms. The standard InChI is InChI=1S/C14H28N2O2/c1-11(2)16-13(18)8-6-7-12(17)15-10-9-14(3,4)5/h11H,6-10H2,1-5H3,(H,15,17)(H,16,18). The van der Waals surface area contributed by atoms with Crippen LogP contribution in [0.15, 0.2) is 0 Å². The van der Waals surface area contributed by atoms with Crippen LogP contribution in [0.3, 0.4) is 0 Å². The van der Waals surface area contributed by atoms with Crippen LogP contribution in [0, 0.1) is 5.41 Å². The van der Waals surface area contributed by atoms with Crippen LogP contribution in [0.4, 0.5) is 0 Å². The number of amides is 2. The molecule has 106 valence electrons. The number of carbonyl (C=O) groups excluding carboxylic acids is 2. The summed E-state index contributed by atoms with van der Waals surface area (Å²) in [7, 11) is 0. The molecule has 0 radical (unpaired) electrons. The maximum Gasteiger partial charge on any atom is 0.220 e. The molecule has 0 unspecified atom stereocenters. The van der Waals surface area contributed by atoms with Gasteiger partial charge in [0.05, 0.1) is 0 Å². The Morgan fingerprint density at radius 1 is 1.06 bits per heavy atom. The van der Waals surface area contributed by atoms with Crippen LogP contribution in [0.1, 0.15) is 60.3 Å². The topological polar surface area (TPSA) is 58.2 Å². The molecule has 0 heterocycles. The van der Waals surface area contributed by atoms with E-state index in [0.29, 0.717) is 25.8 Å². The van der Waals surface area contributed by atoms with E-state index < -0.39 is 0 Å². The molecule has 0 saturated heterocycles. The van der Waals surface area contributed by atoms with Crippen molar-refractivity contribution in [2.24, 2.45) is 5.41 Å². The van der Waals surface area contributed by atoms with Gasteiger partial charge in [-0.25, -0.2) is 0 Å². The highest BCUT2D eigenvalue weighted by Gasteiger charge is 2.10. The van der Waals surface area contributed by atoms with Gasteiger partial charge in [-0.15, -0.1) is 0 Å². The molecule has 18 heavy (non-hydrogen) atoms. The molecule has 2 N–H and O–H groups in total. The van der Waals surface area contributed by atoms with Crippen LogP contribution in [0.25, 0.3) is 0 Å². The summed E-state index contributed by atoms with van der Waals surface area (Å²) in [5.74, 6) is 0.0593. The monoisotopic (exact) mass is 256 g/mol. The Balaban J connectivity index is 3.57. The quantitative estimate of drug-likeness (QED) is 0.734. The molecule has 0 fully saturated rings. The van der Waals surface area contributed by atoms with Crippen LogP contribution < -0.4 is 10.6 Å². The average molecular weight is 256 g/mol. The lowest BCUT2D eigenvalue weighted by atomic mass is 9.92. The van der Waals surface area contributed by atoms with E-state index in [4.69, 9.17) is 0 Å². The molecule has 0 rings (SSSR count). The lowest BCUT2D eigenvalue weighted by molar-refractivity contribution is -0.122. The van der Waals surface area contributed by atoms with E-state index in [1.165, 1.54) is 0 Å². The molecule has 0 aromatic rings. The van der Waals surface area contributed by atoms with Crippen molar-refractivity contribution in [1.82, 2.24) is 10.6 Å². The van der Waals surface area contributed by atoms with Crippen LogP contribution in [0.5, 0.6) is 0 Å². The fourth-order valence-corrected chi connectivity index (χ4v) is 1.47. The zero-order valence-corrected chi connectivity index (χ0v) is 12.4. The zero-order valence-electron chi connectivity index (χ0n) is 12.4. The normalized spacial score (nSPS) is 11.4. The van der Waals surface area contributed by atoms with Crippen molar-refractivity contribution >= 4 is 11.8 Å². The Kier molecular flexibility index (Phi) is 7.64. The Hall–Kier alpha value is -1.06. The Bertz CT molecular complexity index is 267. The minimum absolute atomic E-state index is 0.0208. The van der Waals surface area contributed by atoms with Crippen molar-refractivity contribution in [3.05, 3.63) is 0 Å². The van der Waals surface area contributed by atoms with Crippen molar-refractivity contribution in [3.8, 4) is 0 Å². The van der Waals surface area contributed by atoms with E-state index in [-0.39, 0.29) is 23.3 Å². The first-order chi connectivity index (χ1) is 8.20. The first-order valence-corrected chi connectivity index (χ1v) is 6.77. The van der Waals surface area contributed by atoms with Gasteiger partial charge >= 0.3 is 0 Å². The number of rotatable bonds is 7. The molecular formula is C14H28N2O2.